The van der Waals surface area contributed by atoms with Gasteiger partial charge < -0.3 is 10.2 Å². The van der Waals surface area contributed by atoms with Crippen molar-refractivity contribution in [3.63, 3.8) is 0 Å². The summed E-state index contributed by atoms with van der Waals surface area (Å²) in [6.07, 6.45) is 0.732. The lowest BCUT2D eigenvalue weighted by atomic mass is 9.98. The molecule has 1 unspecified atom stereocenters. The van der Waals surface area contributed by atoms with E-state index in [2.05, 4.69) is 5.32 Å². The second-order valence-electron chi connectivity index (χ2n) is 8.50. The normalized spacial score (nSPS) is 20.1. The van der Waals surface area contributed by atoms with Crippen molar-refractivity contribution in [1.29, 1.82) is 0 Å². The average molecular weight is 471 g/mol. The number of hydrogen-bond donors (Lipinski definition) is 1. The summed E-state index contributed by atoms with van der Waals surface area (Å²) in [4.78, 5) is 41.9. The van der Waals surface area contributed by atoms with Gasteiger partial charge in [-0.1, -0.05) is 24.3 Å². The van der Waals surface area contributed by atoms with Gasteiger partial charge in [0.05, 0.1) is 16.9 Å². The van der Waals surface area contributed by atoms with Crippen molar-refractivity contribution in [2.24, 2.45) is 0 Å². The van der Waals surface area contributed by atoms with E-state index in [1.807, 2.05) is 6.92 Å². The maximum Gasteiger partial charge on any atom is 0.257 e. The van der Waals surface area contributed by atoms with Crippen LogP contribution in [0, 0.1) is 0 Å². The molecule has 1 fully saturated rings. The van der Waals surface area contributed by atoms with Crippen molar-refractivity contribution in [3.8, 4) is 0 Å². The summed E-state index contributed by atoms with van der Waals surface area (Å²) in [5.74, 6) is -0.723. The topological polar surface area (TPSA) is 107 Å². The molecule has 1 N–H and O–H groups in total. The molecule has 0 saturated carbocycles. The summed E-state index contributed by atoms with van der Waals surface area (Å²) >= 11 is 0. The Labute approximate surface area is 193 Å². The lowest BCUT2D eigenvalue weighted by molar-refractivity contribution is -0.117. The lowest BCUT2D eigenvalue weighted by Crippen LogP contribution is -2.62. The van der Waals surface area contributed by atoms with Crippen LogP contribution >= 0.6 is 0 Å². The monoisotopic (exact) mass is 470 g/mol. The number of anilines is 2. The predicted octanol–water partition coefficient (Wildman–Crippen LogP) is 2.26. The first-order chi connectivity index (χ1) is 15.6. The number of carbonyl (C=O) groups is 3. The molecular weight excluding hydrogens is 444 g/mol. The SMILES string of the molecule is CN(C)S(=O)(=O)c1ccccc1NC(=O)CCN1C(=O)c2ccccc2N2C(=O)CCC12C. The number of para-hydroxylation sites is 2. The average Bonchev–Trinajstić information content (AvgIpc) is 3.09. The molecule has 2 aliphatic rings. The summed E-state index contributed by atoms with van der Waals surface area (Å²) in [5, 5.41) is 2.66. The number of amides is 3. The van der Waals surface area contributed by atoms with Crippen molar-refractivity contribution in [1.82, 2.24) is 9.21 Å². The van der Waals surface area contributed by atoms with E-state index in [9.17, 15) is 22.8 Å². The molecule has 4 rings (SSSR count). The number of hydrogen-bond acceptors (Lipinski definition) is 5. The van der Waals surface area contributed by atoms with Crippen LogP contribution in [-0.2, 0) is 19.6 Å². The van der Waals surface area contributed by atoms with Gasteiger partial charge in [-0.3, -0.25) is 19.3 Å². The van der Waals surface area contributed by atoms with Gasteiger partial charge in [-0.2, -0.15) is 0 Å². The molecule has 0 radical (unpaired) electrons. The Hall–Kier alpha value is -3.24. The van der Waals surface area contributed by atoms with Crippen LogP contribution in [-0.4, -0.2) is 61.6 Å². The van der Waals surface area contributed by atoms with E-state index in [-0.39, 0.29) is 35.4 Å². The number of fused-ring (bicyclic) bond motifs is 3. The van der Waals surface area contributed by atoms with Crippen LogP contribution in [0.25, 0.3) is 0 Å². The molecule has 2 heterocycles. The Balaban J connectivity index is 1.55. The maximum absolute atomic E-state index is 13.3. The molecular formula is C23H26N4O5S. The van der Waals surface area contributed by atoms with E-state index < -0.39 is 21.6 Å². The summed E-state index contributed by atoms with van der Waals surface area (Å²) < 4.78 is 26.2. The van der Waals surface area contributed by atoms with Crippen molar-refractivity contribution >= 4 is 39.1 Å². The van der Waals surface area contributed by atoms with E-state index in [4.69, 9.17) is 0 Å². The second kappa shape index (κ2) is 8.27. The van der Waals surface area contributed by atoms with E-state index in [0.717, 1.165) is 4.31 Å². The van der Waals surface area contributed by atoms with Gasteiger partial charge in [0.15, 0.2) is 0 Å². The van der Waals surface area contributed by atoms with E-state index in [1.54, 1.807) is 46.2 Å². The lowest BCUT2D eigenvalue weighted by Gasteiger charge is -2.48. The summed E-state index contributed by atoms with van der Waals surface area (Å²) in [6.45, 7) is 1.92. The maximum atomic E-state index is 13.3. The minimum atomic E-state index is -3.75. The number of nitrogens with zero attached hydrogens (tertiary/aromatic N) is 3. The molecule has 1 atom stereocenters. The minimum Gasteiger partial charge on any atom is -0.325 e. The van der Waals surface area contributed by atoms with Crippen molar-refractivity contribution in [2.75, 3.05) is 30.9 Å². The Morgan fingerprint density at radius 2 is 1.76 bits per heavy atom. The van der Waals surface area contributed by atoms with Crippen LogP contribution in [0.15, 0.2) is 53.4 Å². The van der Waals surface area contributed by atoms with Gasteiger partial charge in [-0.25, -0.2) is 12.7 Å². The largest absolute Gasteiger partial charge is 0.325 e. The van der Waals surface area contributed by atoms with Crippen molar-refractivity contribution in [2.45, 2.75) is 36.7 Å². The molecule has 3 amide bonds. The third kappa shape index (κ3) is 3.79. The van der Waals surface area contributed by atoms with Gasteiger partial charge >= 0.3 is 0 Å². The Kier molecular flexibility index (Phi) is 5.75. The molecule has 0 aromatic heterocycles. The first kappa shape index (κ1) is 22.9. The molecule has 2 aromatic rings. The van der Waals surface area contributed by atoms with E-state index in [1.165, 1.54) is 26.2 Å². The highest BCUT2D eigenvalue weighted by Crippen LogP contribution is 2.44. The minimum absolute atomic E-state index is 0.00847. The number of nitrogens with one attached hydrogen (secondary N) is 1. The molecule has 0 spiro atoms. The molecule has 33 heavy (non-hydrogen) atoms. The Bertz CT molecular complexity index is 1240. The summed E-state index contributed by atoms with van der Waals surface area (Å²) in [6, 6.07) is 13.2. The molecule has 0 bridgehead atoms. The smallest absolute Gasteiger partial charge is 0.257 e. The van der Waals surface area contributed by atoms with Gasteiger partial charge in [0.2, 0.25) is 21.8 Å². The fourth-order valence-corrected chi connectivity index (χ4v) is 5.50. The van der Waals surface area contributed by atoms with Gasteiger partial charge in [0.25, 0.3) is 5.91 Å². The highest BCUT2D eigenvalue weighted by molar-refractivity contribution is 7.89. The molecule has 2 aliphatic heterocycles. The number of benzene rings is 2. The van der Waals surface area contributed by atoms with Crippen LogP contribution in [0.3, 0.4) is 0 Å². The van der Waals surface area contributed by atoms with Gasteiger partial charge in [0.1, 0.15) is 10.6 Å². The zero-order valence-corrected chi connectivity index (χ0v) is 19.6. The van der Waals surface area contributed by atoms with Crippen LogP contribution in [0.1, 0.15) is 36.5 Å². The summed E-state index contributed by atoms with van der Waals surface area (Å²) in [5.41, 5.74) is 0.342. The van der Waals surface area contributed by atoms with Crippen molar-refractivity contribution in [3.05, 3.63) is 54.1 Å². The third-order valence-corrected chi connectivity index (χ3v) is 8.10. The standard InChI is InChI=1S/C23H26N4O5S/c1-23-14-12-21(29)27(23)18-10-6-4-8-16(18)22(30)26(23)15-13-20(28)24-17-9-5-7-11-19(17)33(31,32)25(2)3/h4-11H,12-15H2,1-3H3,(H,24,28). The molecule has 0 aliphatic carbocycles. The molecule has 9 nitrogen and oxygen atoms in total. The number of sulfonamides is 1. The molecule has 10 heteroatoms. The molecule has 2 aromatic carbocycles. The first-order valence-electron chi connectivity index (χ1n) is 10.6. The van der Waals surface area contributed by atoms with Crippen LogP contribution in [0.2, 0.25) is 0 Å². The first-order valence-corrected chi connectivity index (χ1v) is 12.1. The van der Waals surface area contributed by atoms with Crippen molar-refractivity contribution < 1.29 is 22.8 Å². The third-order valence-electron chi connectivity index (χ3n) is 6.23. The highest BCUT2D eigenvalue weighted by Gasteiger charge is 2.52. The van der Waals surface area contributed by atoms with Crippen LogP contribution in [0.4, 0.5) is 11.4 Å². The predicted molar refractivity (Wildman–Crippen MR) is 123 cm³/mol. The summed E-state index contributed by atoms with van der Waals surface area (Å²) in [7, 11) is -0.909. The highest BCUT2D eigenvalue weighted by atomic mass is 32.2. The Morgan fingerprint density at radius 1 is 1.09 bits per heavy atom. The fourth-order valence-electron chi connectivity index (χ4n) is 4.46. The molecule has 1 saturated heterocycles. The van der Waals surface area contributed by atoms with Gasteiger partial charge in [-0.05, 0) is 37.6 Å². The Morgan fingerprint density at radius 3 is 2.48 bits per heavy atom. The van der Waals surface area contributed by atoms with E-state index >= 15 is 0 Å². The quantitative estimate of drug-likeness (QED) is 0.697. The number of rotatable bonds is 6. The van der Waals surface area contributed by atoms with Crippen LogP contribution in [0.5, 0.6) is 0 Å². The fraction of sp³-hybridized carbons (Fsp3) is 0.348. The van der Waals surface area contributed by atoms with E-state index in [0.29, 0.717) is 24.1 Å². The second-order valence-corrected chi connectivity index (χ2v) is 10.6. The van der Waals surface area contributed by atoms with Gasteiger partial charge in [-0.15, -0.1) is 0 Å². The zero-order valence-electron chi connectivity index (χ0n) is 18.7. The zero-order chi connectivity index (χ0) is 24.0. The van der Waals surface area contributed by atoms with Gasteiger partial charge in [0, 0.05) is 33.5 Å². The molecule has 174 valence electrons. The van der Waals surface area contributed by atoms with Crippen LogP contribution < -0.4 is 10.2 Å². The number of carbonyl (C=O) groups excluding carboxylic acids is 3.